The Morgan fingerprint density at radius 2 is 1.85 bits per heavy atom. The van der Waals surface area contributed by atoms with Gasteiger partial charge in [0.1, 0.15) is 0 Å². The van der Waals surface area contributed by atoms with Gasteiger partial charge in [-0.05, 0) is 43.1 Å². The second kappa shape index (κ2) is 8.39. The predicted octanol–water partition coefficient (Wildman–Crippen LogP) is 3.01. The monoisotopic (exact) mass is 328 g/mol. The van der Waals surface area contributed by atoms with Crippen molar-refractivity contribution in [2.24, 2.45) is 0 Å². The lowest BCUT2D eigenvalue weighted by Gasteiger charge is -2.17. The van der Waals surface area contributed by atoms with Crippen LogP contribution in [0, 0.1) is 0 Å². The Hall–Kier alpha value is -0.920. The standard InChI is InChI=1S/C12H15F3N2OS.ClH/c1-16-7-8-17(2)11(18)9-3-5-10(6-4-9)19-12(13,14)15;/h3-6,16H,7-8H2,1-2H3;1H. The molecule has 0 saturated heterocycles. The van der Waals surface area contributed by atoms with Crippen LogP contribution in [-0.2, 0) is 0 Å². The van der Waals surface area contributed by atoms with Crippen LogP contribution in [0.2, 0.25) is 0 Å². The average molecular weight is 329 g/mol. The highest BCUT2D eigenvalue weighted by Crippen LogP contribution is 2.36. The quantitative estimate of drug-likeness (QED) is 0.843. The van der Waals surface area contributed by atoms with Crippen LogP contribution in [0.25, 0.3) is 0 Å². The number of nitrogens with zero attached hydrogens (tertiary/aromatic N) is 1. The number of nitrogens with one attached hydrogen (secondary N) is 1. The highest BCUT2D eigenvalue weighted by molar-refractivity contribution is 8.00. The van der Waals surface area contributed by atoms with Gasteiger partial charge in [0.05, 0.1) is 0 Å². The molecule has 0 saturated carbocycles. The summed E-state index contributed by atoms with van der Waals surface area (Å²) < 4.78 is 36.4. The molecule has 0 aromatic heterocycles. The first kappa shape index (κ1) is 19.1. The van der Waals surface area contributed by atoms with Gasteiger partial charge < -0.3 is 10.2 Å². The number of halogens is 4. The maximum Gasteiger partial charge on any atom is 0.446 e. The maximum absolute atomic E-state index is 12.1. The van der Waals surface area contributed by atoms with Gasteiger partial charge in [-0.15, -0.1) is 12.4 Å². The van der Waals surface area contributed by atoms with E-state index in [0.717, 1.165) is 0 Å². The second-order valence-corrected chi connectivity index (χ2v) is 5.04. The third-order valence-electron chi connectivity index (χ3n) is 2.38. The van der Waals surface area contributed by atoms with Gasteiger partial charge in [0.15, 0.2) is 0 Å². The molecule has 3 nitrogen and oxygen atoms in total. The molecule has 114 valence electrons. The zero-order chi connectivity index (χ0) is 14.5. The first-order valence-corrected chi connectivity index (χ1v) is 6.41. The van der Waals surface area contributed by atoms with E-state index in [1.807, 2.05) is 0 Å². The van der Waals surface area contributed by atoms with Crippen LogP contribution in [0.3, 0.4) is 0 Å². The molecule has 20 heavy (non-hydrogen) atoms. The predicted molar refractivity (Wildman–Crippen MR) is 76.5 cm³/mol. The zero-order valence-corrected chi connectivity index (χ0v) is 12.7. The molecule has 0 bridgehead atoms. The van der Waals surface area contributed by atoms with Crippen molar-refractivity contribution < 1.29 is 18.0 Å². The summed E-state index contributed by atoms with van der Waals surface area (Å²) in [7, 11) is 3.43. The van der Waals surface area contributed by atoms with Crippen LogP contribution in [0.4, 0.5) is 13.2 Å². The molecule has 0 spiro atoms. The molecular weight excluding hydrogens is 313 g/mol. The molecular formula is C12H16ClF3N2OS. The Bertz CT molecular complexity index is 426. The molecule has 0 aliphatic heterocycles. The number of thioether (sulfide) groups is 1. The summed E-state index contributed by atoms with van der Waals surface area (Å²) in [6.07, 6.45) is 0. The van der Waals surface area contributed by atoms with Crippen LogP contribution in [0.5, 0.6) is 0 Å². The van der Waals surface area contributed by atoms with Gasteiger partial charge in [-0.25, -0.2) is 0 Å². The normalized spacial score (nSPS) is 10.8. The summed E-state index contributed by atoms with van der Waals surface area (Å²) in [5.74, 6) is -0.209. The highest BCUT2D eigenvalue weighted by atomic mass is 35.5. The van der Waals surface area contributed by atoms with Crippen LogP contribution < -0.4 is 5.32 Å². The molecule has 0 aliphatic carbocycles. The largest absolute Gasteiger partial charge is 0.446 e. The van der Waals surface area contributed by atoms with Gasteiger partial charge in [-0.2, -0.15) is 13.2 Å². The van der Waals surface area contributed by atoms with Crippen molar-refractivity contribution in [2.75, 3.05) is 27.2 Å². The molecule has 0 aliphatic rings. The molecule has 0 radical (unpaired) electrons. The first-order valence-electron chi connectivity index (χ1n) is 5.59. The molecule has 1 N–H and O–H groups in total. The average Bonchev–Trinajstić information content (AvgIpc) is 2.34. The summed E-state index contributed by atoms with van der Waals surface area (Å²) in [6, 6.07) is 5.42. The Kier molecular flexibility index (Phi) is 8.00. The number of rotatable bonds is 5. The van der Waals surface area contributed by atoms with Crippen molar-refractivity contribution in [2.45, 2.75) is 10.4 Å². The van der Waals surface area contributed by atoms with Crippen LogP contribution >= 0.6 is 24.2 Å². The van der Waals surface area contributed by atoms with Crippen molar-refractivity contribution in [1.29, 1.82) is 0 Å². The van der Waals surface area contributed by atoms with Crippen LogP contribution in [0.15, 0.2) is 29.2 Å². The Morgan fingerprint density at radius 1 is 1.30 bits per heavy atom. The molecule has 0 heterocycles. The topological polar surface area (TPSA) is 32.3 Å². The minimum absolute atomic E-state index is 0. The first-order chi connectivity index (χ1) is 8.83. The summed E-state index contributed by atoms with van der Waals surface area (Å²) >= 11 is -0.191. The molecule has 1 aromatic rings. The second-order valence-electron chi connectivity index (χ2n) is 3.90. The Balaban J connectivity index is 0.00000361. The van der Waals surface area contributed by atoms with Gasteiger partial charge in [0.2, 0.25) is 0 Å². The van der Waals surface area contributed by atoms with Crippen molar-refractivity contribution in [3.8, 4) is 0 Å². The van der Waals surface area contributed by atoms with Gasteiger partial charge in [0.25, 0.3) is 5.91 Å². The van der Waals surface area contributed by atoms with Crippen molar-refractivity contribution >= 4 is 30.1 Å². The van der Waals surface area contributed by atoms with E-state index in [4.69, 9.17) is 0 Å². The third-order valence-corrected chi connectivity index (χ3v) is 3.12. The number of hydrogen-bond acceptors (Lipinski definition) is 3. The fourth-order valence-electron chi connectivity index (χ4n) is 1.40. The summed E-state index contributed by atoms with van der Waals surface area (Å²) in [4.78, 5) is 13.5. The fourth-order valence-corrected chi connectivity index (χ4v) is 1.94. The van der Waals surface area contributed by atoms with Gasteiger partial charge in [0, 0.05) is 30.6 Å². The van der Waals surface area contributed by atoms with Crippen molar-refractivity contribution in [1.82, 2.24) is 10.2 Å². The highest BCUT2D eigenvalue weighted by Gasteiger charge is 2.29. The summed E-state index contributed by atoms with van der Waals surface area (Å²) in [5, 5.41) is 2.92. The van der Waals surface area contributed by atoms with Gasteiger partial charge in [-0.3, -0.25) is 4.79 Å². The Labute approximate surface area is 126 Å². The number of amides is 1. The third kappa shape index (κ3) is 6.49. The van der Waals surface area contributed by atoms with Crippen LogP contribution in [-0.4, -0.2) is 43.5 Å². The van der Waals surface area contributed by atoms with E-state index in [2.05, 4.69) is 5.32 Å². The van der Waals surface area contributed by atoms with E-state index in [9.17, 15) is 18.0 Å². The minimum Gasteiger partial charge on any atom is -0.340 e. The lowest BCUT2D eigenvalue weighted by atomic mass is 10.2. The molecule has 8 heteroatoms. The van der Waals surface area contributed by atoms with Crippen molar-refractivity contribution in [3.63, 3.8) is 0 Å². The van der Waals surface area contributed by atoms with E-state index in [-0.39, 0.29) is 35.0 Å². The number of benzene rings is 1. The summed E-state index contributed by atoms with van der Waals surface area (Å²) in [5.41, 5.74) is -3.93. The lowest BCUT2D eigenvalue weighted by Crippen LogP contribution is -2.32. The van der Waals surface area contributed by atoms with E-state index < -0.39 is 5.51 Å². The number of alkyl halides is 3. The van der Waals surface area contributed by atoms with E-state index in [1.165, 1.54) is 29.2 Å². The maximum atomic E-state index is 12.1. The molecule has 1 aromatic carbocycles. The van der Waals surface area contributed by atoms with E-state index >= 15 is 0 Å². The number of carbonyl (C=O) groups is 1. The van der Waals surface area contributed by atoms with Crippen molar-refractivity contribution in [3.05, 3.63) is 29.8 Å². The molecule has 0 fully saturated rings. The fraction of sp³-hybridized carbons (Fsp3) is 0.417. The van der Waals surface area contributed by atoms with Crippen LogP contribution in [0.1, 0.15) is 10.4 Å². The molecule has 1 rings (SSSR count). The number of likely N-dealkylation sites (N-methyl/N-ethyl adjacent to an activating group) is 2. The summed E-state index contributed by atoms with van der Waals surface area (Å²) in [6.45, 7) is 1.19. The minimum atomic E-state index is -4.31. The van der Waals surface area contributed by atoms with E-state index in [0.29, 0.717) is 18.7 Å². The van der Waals surface area contributed by atoms with Gasteiger partial charge >= 0.3 is 5.51 Å². The molecule has 0 unspecified atom stereocenters. The number of hydrogen-bond donors (Lipinski definition) is 1. The molecule has 0 atom stereocenters. The smallest absolute Gasteiger partial charge is 0.340 e. The zero-order valence-electron chi connectivity index (χ0n) is 11.0. The molecule has 1 amide bonds. The van der Waals surface area contributed by atoms with E-state index in [1.54, 1.807) is 14.1 Å². The number of carbonyl (C=O) groups excluding carboxylic acids is 1. The lowest BCUT2D eigenvalue weighted by molar-refractivity contribution is -0.0328. The van der Waals surface area contributed by atoms with Gasteiger partial charge in [-0.1, -0.05) is 0 Å². The Morgan fingerprint density at radius 3 is 2.30 bits per heavy atom. The SMILES string of the molecule is CNCCN(C)C(=O)c1ccc(SC(F)(F)F)cc1.Cl.